The van der Waals surface area contributed by atoms with Gasteiger partial charge in [-0.2, -0.15) is 5.26 Å². The van der Waals surface area contributed by atoms with E-state index in [4.69, 9.17) is 10.00 Å². The highest BCUT2D eigenvalue weighted by molar-refractivity contribution is 5.47. The zero-order valence-corrected chi connectivity index (χ0v) is 13.1. The first kappa shape index (κ1) is 14.7. The van der Waals surface area contributed by atoms with Gasteiger partial charge in [0, 0.05) is 18.3 Å². The van der Waals surface area contributed by atoms with Crippen LogP contribution in [0.1, 0.15) is 65.2 Å². The normalized spacial score (nSPS) is 38.2. The lowest BCUT2D eigenvalue weighted by Crippen LogP contribution is -2.43. The van der Waals surface area contributed by atoms with Crippen LogP contribution in [0.15, 0.2) is 23.0 Å². The topological polar surface area (TPSA) is 53.2 Å². The predicted octanol–water partition coefficient (Wildman–Crippen LogP) is 3.99. The van der Waals surface area contributed by atoms with Gasteiger partial charge in [0.25, 0.3) is 0 Å². The first-order valence-corrected chi connectivity index (χ1v) is 8.17. The van der Waals surface area contributed by atoms with Crippen LogP contribution in [0, 0.1) is 16.7 Å². The molecule has 0 radical (unpaired) electrons. The average molecular weight is 287 g/mol. The van der Waals surface area contributed by atoms with Crippen LogP contribution in [-0.4, -0.2) is 16.8 Å². The summed E-state index contributed by atoms with van der Waals surface area (Å²) in [5.41, 5.74) is 1.97. The third-order valence-corrected chi connectivity index (χ3v) is 5.84. The van der Waals surface area contributed by atoms with Gasteiger partial charge in [-0.25, -0.2) is 0 Å². The van der Waals surface area contributed by atoms with E-state index in [1.807, 2.05) is 6.92 Å². The number of rotatable bonds is 3. The summed E-state index contributed by atoms with van der Waals surface area (Å²) in [7, 11) is 0. The summed E-state index contributed by atoms with van der Waals surface area (Å²) in [5, 5.41) is 19.3. The lowest BCUT2D eigenvalue weighted by molar-refractivity contribution is -0.0378. The fourth-order valence-electron chi connectivity index (χ4n) is 4.15. The first-order chi connectivity index (χ1) is 9.98. The molecule has 0 aromatic rings. The van der Waals surface area contributed by atoms with E-state index in [1.165, 1.54) is 11.1 Å². The van der Waals surface area contributed by atoms with Crippen LogP contribution in [0.25, 0.3) is 0 Å². The molecule has 3 aliphatic rings. The van der Waals surface area contributed by atoms with Gasteiger partial charge in [-0.1, -0.05) is 13.0 Å². The van der Waals surface area contributed by atoms with Crippen molar-refractivity contribution in [3.63, 3.8) is 0 Å². The number of allylic oxidation sites excluding steroid dienone is 2. The Morgan fingerprint density at radius 2 is 2.24 bits per heavy atom. The Morgan fingerprint density at radius 3 is 3.00 bits per heavy atom. The predicted molar refractivity (Wildman–Crippen MR) is 81.3 cm³/mol. The second kappa shape index (κ2) is 5.18. The fourth-order valence-corrected chi connectivity index (χ4v) is 4.15. The van der Waals surface area contributed by atoms with Crippen molar-refractivity contribution in [1.29, 1.82) is 5.26 Å². The van der Waals surface area contributed by atoms with Crippen molar-refractivity contribution in [2.24, 2.45) is 5.41 Å². The van der Waals surface area contributed by atoms with Crippen LogP contribution in [0.3, 0.4) is 0 Å². The molecule has 0 aromatic carbocycles. The lowest BCUT2D eigenvalue weighted by Gasteiger charge is -2.45. The Kier molecular flexibility index (Phi) is 3.61. The standard InChI is InChI=1S/C18H25NO2/c1-17-10-9-16-14(15(17)8-11-18(17,2)20)7-6-13(21-16)5-3-4-12-19/h8,13,20H,3-7,9-11H2,1-2H3. The molecule has 3 rings (SSSR count). The van der Waals surface area contributed by atoms with Gasteiger partial charge in [0.05, 0.1) is 23.5 Å². The second-order valence-electron chi connectivity index (χ2n) is 7.16. The van der Waals surface area contributed by atoms with Crippen molar-refractivity contribution < 1.29 is 9.84 Å². The molecule has 114 valence electrons. The average Bonchev–Trinajstić information content (AvgIpc) is 2.70. The molecule has 3 heteroatoms. The van der Waals surface area contributed by atoms with Crippen molar-refractivity contribution in [2.75, 3.05) is 0 Å². The van der Waals surface area contributed by atoms with Gasteiger partial charge < -0.3 is 9.84 Å². The highest BCUT2D eigenvalue weighted by Gasteiger charge is 2.52. The molecule has 2 aliphatic carbocycles. The SMILES string of the molecule is CC1(O)CC=C2C3=C(CCC21C)OC(CCCC#N)CC3. The van der Waals surface area contributed by atoms with E-state index >= 15 is 0 Å². The summed E-state index contributed by atoms with van der Waals surface area (Å²) in [6.45, 7) is 4.17. The number of aliphatic hydroxyl groups is 1. The molecule has 1 N–H and O–H groups in total. The maximum Gasteiger partial charge on any atom is 0.0999 e. The van der Waals surface area contributed by atoms with Crippen LogP contribution < -0.4 is 0 Å². The Balaban J connectivity index is 1.76. The molecule has 0 spiro atoms. The summed E-state index contributed by atoms with van der Waals surface area (Å²) in [4.78, 5) is 0. The first-order valence-electron chi connectivity index (χ1n) is 8.17. The number of fused-ring (bicyclic) bond motifs is 2. The number of hydrogen-bond donors (Lipinski definition) is 1. The van der Waals surface area contributed by atoms with Crippen molar-refractivity contribution in [1.82, 2.24) is 0 Å². The van der Waals surface area contributed by atoms with Crippen molar-refractivity contribution in [2.45, 2.75) is 76.9 Å². The highest BCUT2D eigenvalue weighted by atomic mass is 16.5. The van der Waals surface area contributed by atoms with Gasteiger partial charge in [0.2, 0.25) is 0 Å². The molecule has 1 aliphatic heterocycles. The minimum atomic E-state index is -0.621. The smallest absolute Gasteiger partial charge is 0.0999 e. The molecule has 0 fully saturated rings. The number of nitriles is 1. The molecular weight excluding hydrogens is 262 g/mol. The fraction of sp³-hybridized carbons (Fsp3) is 0.722. The van der Waals surface area contributed by atoms with Gasteiger partial charge >= 0.3 is 0 Å². The summed E-state index contributed by atoms with van der Waals surface area (Å²) in [6.07, 6.45) is 9.81. The molecule has 21 heavy (non-hydrogen) atoms. The molecule has 3 unspecified atom stereocenters. The van der Waals surface area contributed by atoms with Crippen molar-refractivity contribution >= 4 is 0 Å². The van der Waals surface area contributed by atoms with Crippen LogP contribution in [-0.2, 0) is 4.74 Å². The van der Waals surface area contributed by atoms with E-state index < -0.39 is 5.60 Å². The summed E-state index contributed by atoms with van der Waals surface area (Å²) < 4.78 is 6.21. The number of ether oxygens (including phenoxy) is 1. The molecule has 0 amide bonds. The lowest BCUT2D eigenvalue weighted by atomic mass is 9.64. The second-order valence-corrected chi connectivity index (χ2v) is 7.16. The van der Waals surface area contributed by atoms with E-state index in [-0.39, 0.29) is 11.5 Å². The third kappa shape index (κ3) is 2.30. The van der Waals surface area contributed by atoms with Crippen molar-refractivity contribution in [3.05, 3.63) is 23.0 Å². The molecule has 0 aromatic heterocycles. The van der Waals surface area contributed by atoms with Gasteiger partial charge in [-0.05, 0) is 56.6 Å². The van der Waals surface area contributed by atoms with Crippen LogP contribution in [0.5, 0.6) is 0 Å². The van der Waals surface area contributed by atoms with Crippen LogP contribution >= 0.6 is 0 Å². The Morgan fingerprint density at radius 1 is 1.43 bits per heavy atom. The third-order valence-electron chi connectivity index (χ3n) is 5.84. The maximum atomic E-state index is 10.7. The summed E-state index contributed by atoms with van der Waals surface area (Å²) in [5.74, 6) is 1.16. The van der Waals surface area contributed by atoms with E-state index in [0.29, 0.717) is 6.42 Å². The zero-order chi connectivity index (χ0) is 15.1. The Bertz CT molecular complexity index is 538. The van der Waals surface area contributed by atoms with Gasteiger partial charge in [0.1, 0.15) is 0 Å². The molecule has 1 heterocycles. The Hall–Kier alpha value is -1.27. The number of unbranched alkanes of at least 4 members (excludes halogenated alkanes) is 1. The highest BCUT2D eigenvalue weighted by Crippen LogP contribution is 2.57. The molecular formula is C18H25NO2. The number of hydrogen-bond acceptors (Lipinski definition) is 3. The Labute approximate surface area is 127 Å². The molecule has 3 nitrogen and oxygen atoms in total. The van der Waals surface area contributed by atoms with Crippen LogP contribution in [0.4, 0.5) is 0 Å². The maximum absolute atomic E-state index is 10.7. The zero-order valence-electron chi connectivity index (χ0n) is 13.1. The molecule has 0 saturated heterocycles. The summed E-state index contributed by atoms with van der Waals surface area (Å²) in [6, 6.07) is 2.20. The van der Waals surface area contributed by atoms with E-state index in [0.717, 1.165) is 50.7 Å². The molecule has 3 atom stereocenters. The van der Waals surface area contributed by atoms with Gasteiger partial charge in [-0.3, -0.25) is 0 Å². The van der Waals surface area contributed by atoms with Gasteiger partial charge in [-0.15, -0.1) is 0 Å². The minimum absolute atomic E-state index is 0.108. The van der Waals surface area contributed by atoms with E-state index in [9.17, 15) is 5.11 Å². The monoisotopic (exact) mass is 287 g/mol. The molecule has 0 saturated carbocycles. The van der Waals surface area contributed by atoms with E-state index in [1.54, 1.807) is 0 Å². The molecule has 0 bridgehead atoms. The quantitative estimate of drug-likeness (QED) is 0.798. The number of nitrogens with zero attached hydrogens (tertiary/aromatic N) is 1. The summed E-state index contributed by atoms with van der Waals surface area (Å²) >= 11 is 0. The largest absolute Gasteiger partial charge is 0.494 e. The minimum Gasteiger partial charge on any atom is -0.494 e. The van der Waals surface area contributed by atoms with Gasteiger partial charge in [0.15, 0.2) is 0 Å². The van der Waals surface area contributed by atoms with Crippen molar-refractivity contribution in [3.8, 4) is 6.07 Å². The van der Waals surface area contributed by atoms with E-state index in [2.05, 4.69) is 19.1 Å². The van der Waals surface area contributed by atoms with Crippen LogP contribution in [0.2, 0.25) is 0 Å².